The summed E-state index contributed by atoms with van der Waals surface area (Å²) in [6.45, 7) is 4.10. The maximum atomic E-state index is 13.0. The molecule has 4 nitrogen and oxygen atoms in total. The third-order valence-electron chi connectivity index (χ3n) is 5.31. The fourth-order valence-corrected chi connectivity index (χ4v) is 3.89. The number of benzene rings is 1. The van der Waals surface area contributed by atoms with Crippen LogP contribution in [0.25, 0.3) is 0 Å². The monoisotopic (exact) mass is 335 g/mol. The molecule has 1 unspecified atom stereocenters. The zero-order chi connectivity index (χ0) is 17.6. The molecular formula is C21H21NO3. The molecule has 1 aliphatic carbocycles. The summed E-state index contributed by atoms with van der Waals surface area (Å²) in [7, 11) is 0. The van der Waals surface area contributed by atoms with Crippen LogP contribution in [0.4, 0.5) is 5.69 Å². The number of rotatable bonds is 2. The van der Waals surface area contributed by atoms with Crippen LogP contribution in [0.1, 0.15) is 48.5 Å². The number of carbonyl (C=O) groups excluding carboxylic acids is 2. The van der Waals surface area contributed by atoms with Crippen LogP contribution in [0.3, 0.4) is 0 Å². The molecule has 1 atom stereocenters. The molecule has 0 radical (unpaired) electrons. The normalized spacial score (nSPS) is 20.9. The Kier molecular flexibility index (Phi) is 3.83. The van der Waals surface area contributed by atoms with Crippen molar-refractivity contribution in [3.05, 3.63) is 64.8 Å². The van der Waals surface area contributed by atoms with Gasteiger partial charge in [0, 0.05) is 29.8 Å². The minimum atomic E-state index is -0.256. The predicted molar refractivity (Wildman–Crippen MR) is 95.4 cm³/mol. The number of anilines is 1. The molecule has 1 aliphatic heterocycles. The van der Waals surface area contributed by atoms with Crippen LogP contribution in [-0.4, -0.2) is 11.7 Å². The maximum Gasteiger partial charge on any atom is 0.232 e. The minimum absolute atomic E-state index is 0.0260. The van der Waals surface area contributed by atoms with Crippen LogP contribution in [0.2, 0.25) is 0 Å². The first-order valence-corrected chi connectivity index (χ1v) is 8.76. The van der Waals surface area contributed by atoms with Crippen molar-refractivity contribution in [1.82, 2.24) is 0 Å². The van der Waals surface area contributed by atoms with Gasteiger partial charge < -0.3 is 4.42 Å². The highest BCUT2D eigenvalue weighted by atomic mass is 16.3. The van der Waals surface area contributed by atoms with E-state index in [9.17, 15) is 9.59 Å². The Labute approximate surface area is 147 Å². The lowest BCUT2D eigenvalue weighted by Gasteiger charge is -2.37. The zero-order valence-electron chi connectivity index (χ0n) is 14.5. The van der Waals surface area contributed by atoms with E-state index in [1.807, 2.05) is 37.3 Å². The number of amides is 1. The Morgan fingerprint density at radius 3 is 2.64 bits per heavy atom. The largest absolute Gasteiger partial charge is 0.469 e. The third kappa shape index (κ3) is 2.62. The Morgan fingerprint density at radius 1 is 1.08 bits per heavy atom. The number of allylic oxidation sites excluding steroid dienone is 2. The van der Waals surface area contributed by atoms with E-state index in [1.54, 1.807) is 11.2 Å². The first-order valence-electron chi connectivity index (χ1n) is 8.76. The lowest BCUT2D eigenvalue weighted by Crippen LogP contribution is -2.40. The van der Waals surface area contributed by atoms with E-state index in [2.05, 4.69) is 6.92 Å². The molecule has 1 amide bonds. The summed E-state index contributed by atoms with van der Waals surface area (Å²) >= 11 is 0. The van der Waals surface area contributed by atoms with Crippen LogP contribution in [-0.2, 0) is 9.59 Å². The van der Waals surface area contributed by atoms with E-state index < -0.39 is 0 Å². The molecule has 4 heteroatoms. The van der Waals surface area contributed by atoms with Crippen molar-refractivity contribution in [2.24, 2.45) is 0 Å². The van der Waals surface area contributed by atoms with Crippen LogP contribution >= 0.6 is 0 Å². The molecule has 1 aromatic carbocycles. The molecule has 0 saturated carbocycles. The second kappa shape index (κ2) is 6.03. The number of ketones is 1. The molecular weight excluding hydrogens is 314 g/mol. The van der Waals surface area contributed by atoms with Gasteiger partial charge in [-0.15, -0.1) is 0 Å². The molecule has 0 bridgehead atoms. The van der Waals surface area contributed by atoms with Gasteiger partial charge in [-0.05, 0) is 62.1 Å². The highest BCUT2D eigenvalue weighted by Crippen LogP contribution is 2.43. The van der Waals surface area contributed by atoms with Crippen LogP contribution in [0, 0.1) is 13.8 Å². The summed E-state index contributed by atoms with van der Waals surface area (Å²) in [5, 5.41) is 0. The number of nitrogens with zero attached hydrogens (tertiary/aromatic N) is 1. The average Bonchev–Trinajstić information content (AvgIpc) is 3.11. The van der Waals surface area contributed by atoms with E-state index >= 15 is 0 Å². The maximum absolute atomic E-state index is 13.0. The third-order valence-corrected chi connectivity index (χ3v) is 5.31. The fourth-order valence-electron chi connectivity index (χ4n) is 3.89. The molecule has 1 aromatic heterocycles. The van der Waals surface area contributed by atoms with Gasteiger partial charge in [0.1, 0.15) is 5.76 Å². The number of hydrogen-bond acceptors (Lipinski definition) is 3. The Balaban J connectivity index is 1.86. The first-order chi connectivity index (χ1) is 12.1. The quantitative estimate of drug-likeness (QED) is 0.816. The van der Waals surface area contributed by atoms with Crippen molar-refractivity contribution in [3.63, 3.8) is 0 Å². The van der Waals surface area contributed by atoms with Crippen LogP contribution in [0.5, 0.6) is 0 Å². The van der Waals surface area contributed by atoms with Gasteiger partial charge in [-0.1, -0.05) is 6.07 Å². The van der Waals surface area contributed by atoms with Gasteiger partial charge in [0.25, 0.3) is 0 Å². The SMILES string of the molecule is Cc1ccc(N2C(=O)CC(c3ccco3)C3=C2CCCC3=O)cc1C. The molecule has 2 heterocycles. The standard InChI is InChI=1S/C21H21NO3/c1-13-8-9-15(11-14(13)2)22-17-5-3-6-18(23)21(17)16(12-20(22)24)19-7-4-10-25-19/h4,7-11,16H,3,5-6,12H2,1-2H3. The molecule has 0 saturated heterocycles. The van der Waals surface area contributed by atoms with Crippen molar-refractivity contribution >= 4 is 17.4 Å². The van der Waals surface area contributed by atoms with Crippen molar-refractivity contribution in [2.75, 3.05) is 4.90 Å². The molecule has 0 N–H and O–H groups in total. The number of aryl methyl sites for hydroxylation is 2. The minimum Gasteiger partial charge on any atom is -0.469 e. The van der Waals surface area contributed by atoms with Crippen molar-refractivity contribution in [1.29, 1.82) is 0 Å². The predicted octanol–water partition coefficient (Wildman–Crippen LogP) is 4.42. The molecule has 25 heavy (non-hydrogen) atoms. The van der Waals surface area contributed by atoms with Crippen LogP contribution in [0.15, 0.2) is 52.3 Å². The molecule has 4 rings (SSSR count). The van der Waals surface area contributed by atoms with Gasteiger partial charge in [0.15, 0.2) is 5.78 Å². The first kappa shape index (κ1) is 15.9. The van der Waals surface area contributed by atoms with Gasteiger partial charge in [0.05, 0.1) is 12.2 Å². The van der Waals surface area contributed by atoms with E-state index in [0.29, 0.717) is 12.2 Å². The Hall–Kier alpha value is -2.62. The van der Waals surface area contributed by atoms with Gasteiger partial charge in [-0.3, -0.25) is 14.5 Å². The number of Topliss-reactive ketones (excluding diaryl/α,β-unsaturated/α-hetero) is 1. The van der Waals surface area contributed by atoms with Gasteiger partial charge in [-0.25, -0.2) is 0 Å². The molecule has 128 valence electrons. The Morgan fingerprint density at radius 2 is 1.92 bits per heavy atom. The molecule has 2 aliphatic rings. The van der Waals surface area contributed by atoms with E-state index in [4.69, 9.17) is 4.42 Å². The summed E-state index contributed by atoms with van der Waals surface area (Å²) in [6, 6.07) is 9.70. The second-order valence-electron chi connectivity index (χ2n) is 6.91. The summed E-state index contributed by atoms with van der Waals surface area (Å²) in [4.78, 5) is 27.5. The molecule has 0 fully saturated rings. The Bertz CT molecular complexity index is 877. The number of furan rings is 1. The van der Waals surface area contributed by atoms with Crippen molar-refractivity contribution in [2.45, 2.75) is 45.4 Å². The fraction of sp³-hybridized carbons (Fsp3) is 0.333. The van der Waals surface area contributed by atoms with Gasteiger partial charge >= 0.3 is 0 Å². The topological polar surface area (TPSA) is 50.5 Å². The van der Waals surface area contributed by atoms with Gasteiger partial charge in [0.2, 0.25) is 5.91 Å². The lowest BCUT2D eigenvalue weighted by atomic mass is 9.79. The van der Waals surface area contributed by atoms with E-state index in [-0.39, 0.29) is 24.0 Å². The smallest absolute Gasteiger partial charge is 0.232 e. The van der Waals surface area contributed by atoms with Crippen molar-refractivity contribution < 1.29 is 14.0 Å². The average molecular weight is 335 g/mol. The highest BCUT2D eigenvalue weighted by Gasteiger charge is 2.40. The summed E-state index contributed by atoms with van der Waals surface area (Å²) in [6.07, 6.45) is 3.95. The molecule has 2 aromatic rings. The van der Waals surface area contributed by atoms with E-state index in [1.165, 1.54) is 5.56 Å². The zero-order valence-corrected chi connectivity index (χ0v) is 14.5. The number of hydrogen-bond donors (Lipinski definition) is 0. The van der Waals surface area contributed by atoms with Crippen molar-refractivity contribution in [3.8, 4) is 0 Å². The van der Waals surface area contributed by atoms with Gasteiger partial charge in [-0.2, -0.15) is 0 Å². The second-order valence-corrected chi connectivity index (χ2v) is 6.91. The molecule has 0 spiro atoms. The van der Waals surface area contributed by atoms with Crippen LogP contribution < -0.4 is 4.90 Å². The highest BCUT2D eigenvalue weighted by molar-refractivity contribution is 6.07. The summed E-state index contributed by atoms with van der Waals surface area (Å²) in [5.74, 6) is 0.617. The number of carbonyl (C=O) groups is 2. The lowest BCUT2D eigenvalue weighted by molar-refractivity contribution is -0.120. The van der Waals surface area contributed by atoms with E-state index in [0.717, 1.165) is 35.4 Å². The summed E-state index contributed by atoms with van der Waals surface area (Å²) in [5.41, 5.74) is 4.81. The summed E-state index contributed by atoms with van der Waals surface area (Å²) < 4.78 is 5.54.